The molecule has 1 amide bonds. The Hall–Kier alpha value is -1.47. The first-order chi connectivity index (χ1) is 10.7. The molecule has 23 heavy (non-hydrogen) atoms. The maximum atomic E-state index is 13.4. The van der Waals surface area contributed by atoms with Gasteiger partial charge in [-0.2, -0.15) is 4.31 Å². The van der Waals surface area contributed by atoms with Crippen LogP contribution in [0.3, 0.4) is 0 Å². The molecule has 1 heterocycles. The van der Waals surface area contributed by atoms with Crippen LogP contribution in [-0.4, -0.2) is 37.8 Å². The highest BCUT2D eigenvalue weighted by Gasteiger charge is 2.31. The molecule has 0 radical (unpaired) electrons. The van der Waals surface area contributed by atoms with Crippen molar-refractivity contribution in [3.05, 3.63) is 29.6 Å². The van der Waals surface area contributed by atoms with Gasteiger partial charge in [0, 0.05) is 25.0 Å². The number of piperidine rings is 1. The van der Waals surface area contributed by atoms with E-state index in [4.69, 9.17) is 0 Å². The van der Waals surface area contributed by atoms with Crippen LogP contribution in [0.4, 0.5) is 4.39 Å². The molecule has 1 saturated heterocycles. The first-order valence-corrected chi connectivity index (χ1v) is 9.22. The smallest absolute Gasteiger partial charge is 0.243 e. The van der Waals surface area contributed by atoms with Gasteiger partial charge in [0.1, 0.15) is 5.82 Å². The zero-order chi connectivity index (χ0) is 17.2. The number of benzene rings is 1. The highest BCUT2D eigenvalue weighted by atomic mass is 32.2. The number of carbonyl (C=O) groups excluding carboxylic acids is 1. The van der Waals surface area contributed by atoms with Gasteiger partial charge in [-0.1, -0.05) is 13.8 Å². The molecule has 1 aliphatic heterocycles. The summed E-state index contributed by atoms with van der Waals surface area (Å²) in [6.45, 7) is 5.79. The fourth-order valence-corrected chi connectivity index (χ4v) is 4.18. The Labute approximate surface area is 136 Å². The summed E-state index contributed by atoms with van der Waals surface area (Å²) < 4.78 is 40.1. The predicted molar refractivity (Wildman–Crippen MR) is 85.9 cm³/mol. The predicted octanol–water partition coefficient (Wildman–Crippen LogP) is 2.06. The molecule has 5 nitrogen and oxygen atoms in total. The third kappa shape index (κ3) is 4.09. The molecule has 2 rings (SSSR count). The van der Waals surface area contributed by atoms with Gasteiger partial charge in [0.15, 0.2) is 0 Å². The number of nitrogens with one attached hydrogen (secondary N) is 1. The maximum Gasteiger partial charge on any atom is 0.243 e. The Morgan fingerprint density at radius 2 is 2.09 bits per heavy atom. The second-order valence-electron chi connectivity index (χ2n) is 6.28. The number of rotatable bonds is 4. The van der Waals surface area contributed by atoms with Gasteiger partial charge in [-0.15, -0.1) is 0 Å². The van der Waals surface area contributed by atoms with Gasteiger partial charge >= 0.3 is 0 Å². The number of hydrogen-bond acceptors (Lipinski definition) is 3. The van der Waals surface area contributed by atoms with Gasteiger partial charge in [-0.05, 0) is 43.5 Å². The Kier molecular flexibility index (Phi) is 5.41. The average Bonchev–Trinajstić information content (AvgIpc) is 2.50. The van der Waals surface area contributed by atoms with E-state index in [1.54, 1.807) is 13.8 Å². The molecule has 0 bridgehead atoms. The van der Waals surface area contributed by atoms with Crippen molar-refractivity contribution in [1.29, 1.82) is 0 Å². The quantitative estimate of drug-likeness (QED) is 0.911. The molecule has 0 spiro atoms. The maximum absolute atomic E-state index is 13.4. The Balaban J connectivity index is 2.16. The highest BCUT2D eigenvalue weighted by molar-refractivity contribution is 7.89. The second kappa shape index (κ2) is 6.97. The summed E-state index contributed by atoms with van der Waals surface area (Å²) in [6.07, 6.45) is 1.44. The molecule has 1 aromatic carbocycles. The molecule has 0 aromatic heterocycles. The summed E-state index contributed by atoms with van der Waals surface area (Å²) in [5.41, 5.74) is 0.299. The van der Waals surface area contributed by atoms with Crippen molar-refractivity contribution in [1.82, 2.24) is 9.62 Å². The van der Waals surface area contributed by atoms with Crippen LogP contribution in [0, 0.1) is 18.7 Å². The first kappa shape index (κ1) is 17.9. The number of sulfonamides is 1. The zero-order valence-corrected chi connectivity index (χ0v) is 14.5. The van der Waals surface area contributed by atoms with E-state index < -0.39 is 15.8 Å². The van der Waals surface area contributed by atoms with Crippen molar-refractivity contribution in [3.8, 4) is 0 Å². The number of hydrogen-bond donors (Lipinski definition) is 1. The van der Waals surface area contributed by atoms with Crippen molar-refractivity contribution in [2.45, 2.75) is 44.6 Å². The lowest BCUT2D eigenvalue weighted by atomic mass is 10.1. The van der Waals surface area contributed by atoms with Crippen LogP contribution in [0.5, 0.6) is 0 Å². The minimum atomic E-state index is -3.67. The Morgan fingerprint density at radius 1 is 1.39 bits per heavy atom. The molecule has 1 N–H and O–H groups in total. The molecular formula is C16H23FN2O3S. The van der Waals surface area contributed by atoms with Gasteiger partial charge in [-0.25, -0.2) is 12.8 Å². The summed E-state index contributed by atoms with van der Waals surface area (Å²) in [6, 6.07) is 3.62. The van der Waals surface area contributed by atoms with E-state index in [1.807, 2.05) is 0 Å². The minimum Gasteiger partial charge on any atom is -0.352 e. The monoisotopic (exact) mass is 342 g/mol. The fourth-order valence-electron chi connectivity index (χ4n) is 2.57. The van der Waals surface area contributed by atoms with Crippen LogP contribution in [-0.2, 0) is 14.8 Å². The normalized spacial score (nSPS) is 19.8. The lowest BCUT2D eigenvalue weighted by Crippen LogP contribution is -2.50. The van der Waals surface area contributed by atoms with E-state index in [-0.39, 0.29) is 29.3 Å². The highest BCUT2D eigenvalue weighted by Crippen LogP contribution is 2.22. The van der Waals surface area contributed by atoms with E-state index in [2.05, 4.69) is 5.32 Å². The van der Waals surface area contributed by atoms with Crippen molar-refractivity contribution in [3.63, 3.8) is 0 Å². The summed E-state index contributed by atoms with van der Waals surface area (Å²) in [5.74, 6) is -0.640. The Bertz CT molecular complexity index is 689. The molecule has 7 heteroatoms. The topological polar surface area (TPSA) is 66.5 Å². The molecule has 1 fully saturated rings. The first-order valence-electron chi connectivity index (χ1n) is 7.78. The summed E-state index contributed by atoms with van der Waals surface area (Å²) >= 11 is 0. The number of aryl methyl sites for hydroxylation is 1. The van der Waals surface area contributed by atoms with Gasteiger partial charge in [-0.3, -0.25) is 4.79 Å². The summed E-state index contributed by atoms with van der Waals surface area (Å²) in [4.78, 5) is 11.9. The van der Waals surface area contributed by atoms with Crippen molar-refractivity contribution in [2.24, 2.45) is 5.92 Å². The number of halogens is 1. The van der Waals surface area contributed by atoms with Gasteiger partial charge in [0.2, 0.25) is 15.9 Å². The van der Waals surface area contributed by atoms with E-state index in [9.17, 15) is 17.6 Å². The van der Waals surface area contributed by atoms with Crippen molar-refractivity contribution < 1.29 is 17.6 Å². The molecule has 1 aliphatic rings. The number of nitrogens with zero attached hydrogens (tertiary/aromatic N) is 1. The Morgan fingerprint density at radius 3 is 2.70 bits per heavy atom. The fraction of sp³-hybridized carbons (Fsp3) is 0.562. The van der Waals surface area contributed by atoms with Crippen LogP contribution < -0.4 is 5.32 Å². The molecule has 0 unspecified atom stereocenters. The van der Waals surface area contributed by atoms with Gasteiger partial charge in [0.25, 0.3) is 0 Å². The third-order valence-corrected chi connectivity index (χ3v) is 5.88. The molecule has 0 saturated carbocycles. The van der Waals surface area contributed by atoms with Crippen LogP contribution in [0.1, 0.15) is 32.3 Å². The van der Waals surface area contributed by atoms with E-state index >= 15 is 0 Å². The summed E-state index contributed by atoms with van der Waals surface area (Å²) in [7, 11) is -3.67. The van der Waals surface area contributed by atoms with Crippen molar-refractivity contribution >= 4 is 15.9 Å². The van der Waals surface area contributed by atoms with Crippen LogP contribution in [0.2, 0.25) is 0 Å². The molecule has 0 aliphatic carbocycles. The summed E-state index contributed by atoms with van der Waals surface area (Å²) in [5, 5.41) is 2.89. The van der Waals surface area contributed by atoms with Crippen LogP contribution in [0.25, 0.3) is 0 Å². The third-order valence-electron chi connectivity index (χ3n) is 4.02. The van der Waals surface area contributed by atoms with E-state index in [0.717, 1.165) is 6.42 Å². The van der Waals surface area contributed by atoms with Crippen LogP contribution >= 0.6 is 0 Å². The number of amides is 1. The molecule has 128 valence electrons. The molecular weight excluding hydrogens is 319 g/mol. The van der Waals surface area contributed by atoms with Gasteiger partial charge < -0.3 is 5.32 Å². The van der Waals surface area contributed by atoms with E-state index in [0.29, 0.717) is 18.5 Å². The average molecular weight is 342 g/mol. The standard InChI is InChI=1S/C16H23FN2O3S/c1-11(2)16(20)18-13-5-4-8-19(10-13)23(21,22)14-6-7-15(17)12(3)9-14/h6-7,9,11,13H,4-5,8,10H2,1-3H3,(H,18,20)/t13-/m1/s1. The van der Waals surface area contributed by atoms with Crippen molar-refractivity contribution in [2.75, 3.05) is 13.1 Å². The van der Waals surface area contributed by atoms with Crippen LogP contribution in [0.15, 0.2) is 23.1 Å². The SMILES string of the molecule is Cc1cc(S(=O)(=O)N2CCC[C@@H](NC(=O)C(C)C)C2)ccc1F. The minimum absolute atomic E-state index is 0.0770. The molecule has 1 atom stereocenters. The lowest BCUT2D eigenvalue weighted by molar-refractivity contribution is -0.124. The zero-order valence-electron chi connectivity index (χ0n) is 13.7. The second-order valence-corrected chi connectivity index (χ2v) is 8.21. The molecule has 1 aromatic rings. The number of carbonyl (C=O) groups is 1. The largest absolute Gasteiger partial charge is 0.352 e. The van der Waals surface area contributed by atoms with Gasteiger partial charge in [0.05, 0.1) is 4.90 Å². The van der Waals surface area contributed by atoms with E-state index in [1.165, 1.54) is 29.4 Å². The lowest BCUT2D eigenvalue weighted by Gasteiger charge is -2.32.